The molecule has 1 saturated heterocycles. The molecule has 1 aliphatic rings. The fourth-order valence-corrected chi connectivity index (χ4v) is 4.17. The van der Waals surface area contributed by atoms with E-state index in [1.54, 1.807) is 11.3 Å². The summed E-state index contributed by atoms with van der Waals surface area (Å²) in [6.45, 7) is 9.44. The molecular formula is C21H32IN5S. The number of benzene rings is 1. The molecular weight excluding hydrogens is 481 g/mol. The van der Waals surface area contributed by atoms with Crippen molar-refractivity contribution >= 4 is 47.0 Å². The normalized spacial score (nSPS) is 15.9. The molecule has 3 rings (SSSR count). The van der Waals surface area contributed by atoms with Gasteiger partial charge in [0.05, 0.1) is 12.2 Å². The van der Waals surface area contributed by atoms with Gasteiger partial charge in [0.15, 0.2) is 5.96 Å². The van der Waals surface area contributed by atoms with Gasteiger partial charge in [-0.05, 0) is 25.0 Å². The summed E-state index contributed by atoms with van der Waals surface area (Å²) >= 11 is 1.71. The van der Waals surface area contributed by atoms with Gasteiger partial charge < -0.3 is 15.5 Å². The maximum atomic E-state index is 4.74. The van der Waals surface area contributed by atoms with E-state index >= 15 is 0 Å². The maximum Gasteiger partial charge on any atom is 0.191 e. The molecule has 1 aliphatic heterocycles. The highest BCUT2D eigenvalue weighted by molar-refractivity contribution is 14.0. The van der Waals surface area contributed by atoms with Crippen molar-refractivity contribution < 1.29 is 0 Å². The number of piperidine rings is 1. The molecule has 0 bridgehead atoms. The molecule has 0 atom stereocenters. The summed E-state index contributed by atoms with van der Waals surface area (Å²) in [6.07, 6.45) is 2.22. The Morgan fingerprint density at radius 3 is 2.46 bits per heavy atom. The average Bonchev–Trinajstić information content (AvgIpc) is 3.16. The number of aromatic nitrogens is 1. The minimum atomic E-state index is 0. The number of thiazole rings is 1. The van der Waals surface area contributed by atoms with Gasteiger partial charge in [0.1, 0.15) is 5.01 Å². The lowest BCUT2D eigenvalue weighted by Crippen LogP contribution is -2.48. The van der Waals surface area contributed by atoms with Crippen molar-refractivity contribution in [1.29, 1.82) is 0 Å². The Bertz CT molecular complexity index is 746. The number of nitrogens with zero attached hydrogens (tertiary/aromatic N) is 3. The van der Waals surface area contributed by atoms with Crippen LogP contribution in [0.5, 0.6) is 0 Å². The van der Waals surface area contributed by atoms with Crippen LogP contribution in [0.1, 0.15) is 44.3 Å². The molecule has 28 heavy (non-hydrogen) atoms. The predicted octanol–water partition coefficient (Wildman–Crippen LogP) is 4.39. The zero-order valence-electron chi connectivity index (χ0n) is 17.2. The summed E-state index contributed by atoms with van der Waals surface area (Å²) in [7, 11) is 1.83. The monoisotopic (exact) mass is 513 g/mol. The van der Waals surface area contributed by atoms with Crippen LogP contribution in [0.15, 0.2) is 40.7 Å². The van der Waals surface area contributed by atoms with E-state index in [2.05, 4.69) is 77.0 Å². The molecule has 1 aromatic heterocycles. The van der Waals surface area contributed by atoms with Gasteiger partial charge in [-0.15, -0.1) is 35.3 Å². The van der Waals surface area contributed by atoms with Gasteiger partial charge in [-0.3, -0.25) is 4.99 Å². The molecule has 1 aromatic carbocycles. The average molecular weight is 513 g/mol. The van der Waals surface area contributed by atoms with Gasteiger partial charge >= 0.3 is 0 Å². The first-order valence-electron chi connectivity index (χ1n) is 9.68. The van der Waals surface area contributed by atoms with Gasteiger partial charge in [-0.2, -0.15) is 0 Å². The van der Waals surface area contributed by atoms with Crippen LogP contribution in [-0.4, -0.2) is 37.1 Å². The highest BCUT2D eigenvalue weighted by atomic mass is 127. The number of hydrogen-bond acceptors (Lipinski definition) is 4. The Balaban J connectivity index is 0.00000280. The summed E-state index contributed by atoms with van der Waals surface area (Å²) in [4.78, 5) is 11.6. The second-order valence-corrected chi connectivity index (χ2v) is 8.99. The lowest BCUT2D eigenvalue weighted by Gasteiger charge is -2.34. The van der Waals surface area contributed by atoms with Gasteiger partial charge in [-0.1, -0.05) is 39.0 Å². The number of guanidine groups is 1. The zero-order valence-corrected chi connectivity index (χ0v) is 20.4. The third-order valence-electron chi connectivity index (χ3n) is 4.91. The van der Waals surface area contributed by atoms with E-state index in [4.69, 9.17) is 4.98 Å². The number of halogens is 1. The van der Waals surface area contributed by atoms with Crippen LogP contribution in [0.4, 0.5) is 5.69 Å². The first-order chi connectivity index (χ1) is 13.0. The molecule has 0 unspecified atom stereocenters. The fourth-order valence-electron chi connectivity index (χ4n) is 3.20. The van der Waals surface area contributed by atoms with E-state index in [0.717, 1.165) is 42.6 Å². The number of anilines is 1. The Kier molecular flexibility index (Phi) is 8.55. The van der Waals surface area contributed by atoms with Crippen molar-refractivity contribution in [3.63, 3.8) is 0 Å². The first-order valence-corrected chi connectivity index (χ1v) is 10.6. The summed E-state index contributed by atoms with van der Waals surface area (Å²) < 4.78 is 0. The van der Waals surface area contributed by atoms with E-state index in [1.165, 1.54) is 5.69 Å². The van der Waals surface area contributed by atoms with Gasteiger partial charge in [0.25, 0.3) is 0 Å². The summed E-state index contributed by atoms with van der Waals surface area (Å²) in [5.74, 6) is 0.862. The molecule has 154 valence electrons. The van der Waals surface area contributed by atoms with Crippen LogP contribution >= 0.6 is 35.3 Å². The van der Waals surface area contributed by atoms with Crippen molar-refractivity contribution in [3.8, 4) is 0 Å². The van der Waals surface area contributed by atoms with Crippen molar-refractivity contribution in [2.75, 3.05) is 25.0 Å². The third kappa shape index (κ3) is 6.34. The molecule has 5 nitrogen and oxygen atoms in total. The predicted molar refractivity (Wildman–Crippen MR) is 131 cm³/mol. The molecule has 2 aromatic rings. The van der Waals surface area contributed by atoms with Crippen molar-refractivity contribution in [2.24, 2.45) is 4.99 Å². The summed E-state index contributed by atoms with van der Waals surface area (Å²) in [5.41, 5.74) is 2.57. The van der Waals surface area contributed by atoms with Crippen LogP contribution in [0.2, 0.25) is 0 Å². The Hall–Kier alpha value is -1.35. The second-order valence-electron chi connectivity index (χ2n) is 8.04. The van der Waals surface area contributed by atoms with E-state index in [9.17, 15) is 0 Å². The number of para-hydroxylation sites is 1. The standard InChI is InChI=1S/C21H31N5S.HI/c1-21(2,3)18-15-27-19(25-18)14-23-20(22-4)24-16-10-12-26(13-11-16)17-8-6-5-7-9-17;/h5-9,15-16H,10-14H2,1-4H3,(H2,22,23,24);1H. The van der Waals surface area contributed by atoms with E-state index < -0.39 is 0 Å². The van der Waals surface area contributed by atoms with Crippen molar-refractivity contribution in [3.05, 3.63) is 46.4 Å². The minimum Gasteiger partial charge on any atom is -0.371 e. The van der Waals surface area contributed by atoms with Gasteiger partial charge in [0.2, 0.25) is 0 Å². The van der Waals surface area contributed by atoms with E-state index in [-0.39, 0.29) is 29.4 Å². The molecule has 2 N–H and O–H groups in total. The Labute approximate surface area is 190 Å². The molecule has 0 saturated carbocycles. The molecule has 2 heterocycles. The third-order valence-corrected chi connectivity index (χ3v) is 5.76. The Morgan fingerprint density at radius 1 is 1.21 bits per heavy atom. The topological polar surface area (TPSA) is 52.6 Å². The van der Waals surface area contributed by atoms with Crippen LogP contribution in [0.25, 0.3) is 0 Å². The second kappa shape index (κ2) is 10.4. The highest BCUT2D eigenvalue weighted by Gasteiger charge is 2.21. The number of rotatable bonds is 4. The molecule has 0 amide bonds. The Morgan fingerprint density at radius 2 is 1.89 bits per heavy atom. The summed E-state index contributed by atoms with van der Waals surface area (Å²) in [5, 5.41) is 10.2. The SMILES string of the molecule is CN=C(NCc1nc(C(C)(C)C)cs1)NC1CCN(c2ccccc2)CC1.I. The molecule has 0 spiro atoms. The van der Waals surface area contributed by atoms with Crippen LogP contribution in [-0.2, 0) is 12.0 Å². The van der Waals surface area contributed by atoms with E-state index in [0.29, 0.717) is 12.6 Å². The van der Waals surface area contributed by atoms with Crippen LogP contribution in [0, 0.1) is 0 Å². The zero-order chi connectivity index (χ0) is 19.3. The maximum absolute atomic E-state index is 4.74. The first kappa shape index (κ1) is 22.9. The molecule has 0 radical (unpaired) electrons. The largest absolute Gasteiger partial charge is 0.371 e. The number of nitrogens with one attached hydrogen (secondary N) is 2. The molecule has 7 heteroatoms. The van der Waals surface area contributed by atoms with Crippen molar-refractivity contribution in [2.45, 2.75) is 51.6 Å². The number of hydrogen-bond donors (Lipinski definition) is 2. The quantitative estimate of drug-likeness (QED) is 0.362. The van der Waals surface area contributed by atoms with Gasteiger partial charge in [0, 0.05) is 42.7 Å². The lowest BCUT2D eigenvalue weighted by atomic mass is 9.93. The van der Waals surface area contributed by atoms with Crippen LogP contribution in [0.3, 0.4) is 0 Å². The van der Waals surface area contributed by atoms with Crippen molar-refractivity contribution in [1.82, 2.24) is 15.6 Å². The smallest absolute Gasteiger partial charge is 0.191 e. The van der Waals surface area contributed by atoms with Crippen LogP contribution < -0.4 is 15.5 Å². The lowest BCUT2D eigenvalue weighted by molar-refractivity contribution is 0.461. The van der Waals surface area contributed by atoms with Gasteiger partial charge in [-0.25, -0.2) is 4.98 Å². The minimum absolute atomic E-state index is 0. The van der Waals surface area contributed by atoms with E-state index in [1.807, 2.05) is 7.05 Å². The fraction of sp³-hybridized carbons (Fsp3) is 0.524. The summed E-state index contributed by atoms with van der Waals surface area (Å²) in [6, 6.07) is 11.1. The molecule has 1 fully saturated rings. The number of aliphatic imine (C=N–C) groups is 1. The molecule has 0 aliphatic carbocycles. The highest BCUT2D eigenvalue weighted by Crippen LogP contribution is 2.24.